The summed E-state index contributed by atoms with van der Waals surface area (Å²) in [5.41, 5.74) is 3.46. The molecular weight excluding hydrogens is 1060 g/mol. The average Bonchev–Trinajstić information content (AvgIpc) is 2.17. The molecule has 5 aromatic carbocycles. The van der Waals surface area contributed by atoms with Crippen molar-refractivity contribution in [2.45, 2.75) is 90.1 Å². The maximum atomic E-state index is 15.7. The summed E-state index contributed by atoms with van der Waals surface area (Å²) in [6.45, 7) is 3.45. The normalized spacial score (nSPS) is 19.7. The second kappa shape index (κ2) is 25.5. The van der Waals surface area contributed by atoms with E-state index in [0.717, 1.165) is 34.4 Å². The van der Waals surface area contributed by atoms with Crippen LogP contribution >= 0.6 is 11.6 Å². The molecule has 20 nitrogen and oxygen atoms in total. The summed E-state index contributed by atoms with van der Waals surface area (Å²) in [5.74, 6) is -3.63. The molecule has 1 spiro atoms. The number of nitrogens with zero attached hydrogens (tertiary/aromatic N) is 4. The number of methoxy groups -OCH3 is 1. The van der Waals surface area contributed by atoms with Crippen molar-refractivity contribution in [2.24, 2.45) is 17.3 Å². The van der Waals surface area contributed by atoms with Gasteiger partial charge in [0.25, 0.3) is 10.2 Å². The molecule has 5 aromatic rings. The van der Waals surface area contributed by atoms with Crippen molar-refractivity contribution in [1.82, 2.24) is 15.1 Å². The van der Waals surface area contributed by atoms with Crippen LogP contribution in [0.2, 0.25) is 5.02 Å². The lowest BCUT2D eigenvalue weighted by Gasteiger charge is -2.58. The Balaban J connectivity index is 1.05. The predicted octanol–water partition coefficient (Wildman–Crippen LogP) is 9.89. The van der Waals surface area contributed by atoms with Gasteiger partial charge in [0.15, 0.2) is 11.6 Å². The Hall–Kier alpha value is -8.27. The fourth-order valence-corrected chi connectivity index (χ4v) is 11.6. The quantitative estimate of drug-likeness (QED) is 0.0151. The van der Waals surface area contributed by atoms with Crippen LogP contribution in [0.1, 0.15) is 78.3 Å². The van der Waals surface area contributed by atoms with E-state index in [2.05, 4.69) is 15.0 Å². The molecule has 79 heavy (non-hydrogen) atoms. The first kappa shape index (κ1) is 56.9. The van der Waals surface area contributed by atoms with E-state index in [4.69, 9.17) is 35.3 Å². The molecule has 0 radical (unpaired) electrons. The number of amides is 3. The first-order valence-electron chi connectivity index (χ1n) is 25.6. The maximum absolute atomic E-state index is 15.7. The van der Waals surface area contributed by atoms with Gasteiger partial charge in [0.2, 0.25) is 11.8 Å². The molecule has 23 heteroatoms. The van der Waals surface area contributed by atoms with Crippen LogP contribution in [0.4, 0.5) is 18.4 Å². The van der Waals surface area contributed by atoms with Gasteiger partial charge < -0.3 is 43.6 Å². The van der Waals surface area contributed by atoms with E-state index in [0.29, 0.717) is 55.5 Å². The number of halogens is 3. The number of carbonyl (C=O) groups is 4. The van der Waals surface area contributed by atoms with E-state index in [1.54, 1.807) is 35.1 Å². The van der Waals surface area contributed by atoms with Crippen molar-refractivity contribution >= 4 is 35.7 Å². The molecule has 1 saturated heterocycles. The minimum absolute atomic E-state index is 0.0487. The molecule has 418 valence electrons. The minimum Gasteiger partial charge on any atom is -0.496 e. The highest BCUT2D eigenvalue weighted by Gasteiger charge is 2.75. The number of benzene rings is 5. The van der Waals surface area contributed by atoms with Gasteiger partial charge in [0.1, 0.15) is 47.9 Å². The number of likely N-dealkylation sites (tertiary alicyclic amines) is 1. The zero-order valence-corrected chi connectivity index (χ0v) is 44.2. The molecule has 0 aromatic heterocycles. The Kier molecular flexibility index (Phi) is 18.3. The molecule has 3 fully saturated rings. The number of rotatable bonds is 24. The lowest BCUT2D eigenvalue weighted by atomic mass is 9.66. The van der Waals surface area contributed by atoms with Gasteiger partial charge in [-0.3, -0.25) is 14.5 Å². The summed E-state index contributed by atoms with van der Waals surface area (Å²) in [7, 11) is 1.59. The zero-order chi connectivity index (χ0) is 56.4. The second-order valence-electron chi connectivity index (χ2n) is 19.7. The summed E-state index contributed by atoms with van der Waals surface area (Å²) in [4.78, 5) is 91.2. The molecule has 2 saturated carbocycles. The van der Waals surface area contributed by atoms with E-state index in [1.807, 2.05) is 56.3 Å². The van der Waals surface area contributed by atoms with Crippen LogP contribution < -0.4 is 24.3 Å². The van der Waals surface area contributed by atoms with Gasteiger partial charge in [0, 0.05) is 30.5 Å². The number of nitrogens with one attached hydrogen (secondary N) is 1. The Labute approximate surface area is 457 Å². The Morgan fingerprint density at radius 1 is 0.823 bits per heavy atom. The highest BCUT2D eigenvalue weighted by atomic mass is 35.5. The minimum atomic E-state index is -1.08. The van der Waals surface area contributed by atoms with Crippen LogP contribution in [0, 0.1) is 56.0 Å². The third-order valence-electron chi connectivity index (χ3n) is 14.7. The van der Waals surface area contributed by atoms with Crippen molar-refractivity contribution in [3.63, 3.8) is 0 Å². The van der Waals surface area contributed by atoms with Gasteiger partial charge in [-0.25, -0.2) is 18.4 Å². The fourth-order valence-electron chi connectivity index (χ4n) is 11.4. The van der Waals surface area contributed by atoms with Gasteiger partial charge in [-0.1, -0.05) is 79.2 Å². The lowest BCUT2D eigenvalue weighted by Crippen LogP contribution is -2.71. The van der Waals surface area contributed by atoms with E-state index in [-0.39, 0.29) is 68.4 Å². The van der Waals surface area contributed by atoms with Gasteiger partial charge in [-0.15, -0.1) is 20.2 Å². The van der Waals surface area contributed by atoms with Crippen molar-refractivity contribution in [2.75, 3.05) is 33.4 Å². The first-order chi connectivity index (χ1) is 38.0. The molecule has 1 heterocycles. The molecule has 0 bridgehead atoms. The summed E-state index contributed by atoms with van der Waals surface area (Å²) in [6.07, 6.45) is 0.622. The predicted molar refractivity (Wildman–Crippen MR) is 278 cm³/mol. The Bertz CT molecular complexity index is 3060. The first-order valence-corrected chi connectivity index (χ1v) is 26.0. The van der Waals surface area contributed by atoms with Gasteiger partial charge >= 0.3 is 12.2 Å². The number of aryl methyl sites for hydroxylation is 2. The molecule has 8 rings (SSSR count). The van der Waals surface area contributed by atoms with Crippen molar-refractivity contribution in [3.8, 4) is 23.0 Å². The van der Waals surface area contributed by atoms with E-state index < -0.39 is 80.9 Å². The summed E-state index contributed by atoms with van der Waals surface area (Å²) in [5, 5.41) is 22.2. The van der Waals surface area contributed by atoms with Gasteiger partial charge in [-0.05, 0) is 127 Å². The molecule has 2 aliphatic carbocycles. The number of hydrogen-bond acceptors (Lipinski definition) is 15. The molecule has 3 amide bonds. The van der Waals surface area contributed by atoms with E-state index >= 15 is 4.79 Å². The second-order valence-corrected chi connectivity index (χ2v) is 20.0. The number of hydrogen-bond donors (Lipinski definition) is 1. The van der Waals surface area contributed by atoms with Crippen molar-refractivity contribution in [3.05, 3.63) is 173 Å². The summed E-state index contributed by atoms with van der Waals surface area (Å²) in [6, 6.07) is 26.0. The van der Waals surface area contributed by atoms with Crippen LogP contribution in [-0.4, -0.2) is 89.5 Å². The zero-order valence-electron chi connectivity index (χ0n) is 43.4. The van der Waals surface area contributed by atoms with Crippen LogP contribution in [0.3, 0.4) is 0 Å². The topological polar surface area (TPSA) is 238 Å². The maximum Gasteiger partial charge on any atom is 0.513 e. The Morgan fingerprint density at radius 3 is 2.13 bits per heavy atom. The highest BCUT2D eigenvalue weighted by molar-refractivity contribution is 6.32. The van der Waals surface area contributed by atoms with Crippen molar-refractivity contribution in [1.29, 1.82) is 0 Å². The number of ether oxygens (including phenoxy) is 5. The summed E-state index contributed by atoms with van der Waals surface area (Å²) >= 11 is 5.97. The molecule has 6 unspecified atom stereocenters. The molecule has 3 aliphatic rings. The third kappa shape index (κ3) is 13.4. The number of carbonyl (C=O) groups excluding carboxylic acids is 4. The monoisotopic (exact) mass is 1110 g/mol. The SMILES string of the molecule is CCCN(Cc1ccc(OC)c(C)c1)C(=O)C1C(c2ccc(CCCOc3c(F)ccc(F)c3Cl)cc2)CC23CC(C(=O)NCCOC(=O)Oc4cccc(CO[N+](=O)[O-])c4)CC2N(C(=O)Oc2cccc(CO[N+](=O)[O-])c2)C13. The average molecular weight is 1110 g/mol. The van der Waals surface area contributed by atoms with Crippen molar-refractivity contribution < 1.29 is 71.5 Å². The van der Waals surface area contributed by atoms with Crippen LogP contribution in [0.15, 0.2) is 103 Å². The van der Waals surface area contributed by atoms with Crippen LogP contribution in [0.5, 0.6) is 23.0 Å². The molecule has 1 aliphatic heterocycles. The molecule has 1 N–H and O–H groups in total. The smallest absolute Gasteiger partial charge is 0.496 e. The lowest BCUT2D eigenvalue weighted by molar-refractivity contribution is -0.763. The molecule has 6 atom stereocenters. The molecular formula is C56H58ClF2N5O15. The third-order valence-corrected chi connectivity index (χ3v) is 15.0. The van der Waals surface area contributed by atoms with Gasteiger partial charge in [0.05, 0.1) is 32.2 Å². The van der Waals surface area contributed by atoms with E-state index in [1.165, 1.54) is 30.3 Å². The van der Waals surface area contributed by atoms with Crippen LogP contribution in [0.25, 0.3) is 0 Å². The van der Waals surface area contributed by atoms with Crippen LogP contribution in [-0.2, 0) is 50.2 Å². The standard InChI is InChI=1S/C56H58ClF2N5O15/c1-4-22-61(31-36-15-20-46(73-3)34(2)25-36)53(66)48-43(39-16-13-35(14-17-39)10-7-23-74-50-45(59)19-18-44(58)49(50)57)30-56-29-40(52(65)60-21-24-75-55(68)79-42-12-6-9-38(27-42)33-77-64(71)72)28-47(56)62(51(48)56)54(67)78-41-11-5-8-37(26-41)32-76-63(69)70/h5-6,8-9,11-20,25-27,40,43,47-48,51H,4,7,10,21-24,28-33H2,1-3H3,(H,60,65). The fraction of sp³-hybridized carbons (Fsp3) is 0.393. The van der Waals surface area contributed by atoms with Gasteiger partial charge in [-0.2, -0.15) is 0 Å². The van der Waals surface area contributed by atoms with E-state index in [9.17, 15) is 43.4 Å². The largest absolute Gasteiger partial charge is 0.513 e. The Morgan fingerprint density at radius 2 is 1.48 bits per heavy atom. The highest BCUT2D eigenvalue weighted by Crippen LogP contribution is 2.69. The summed E-state index contributed by atoms with van der Waals surface area (Å²) < 4.78 is 56.0.